The van der Waals surface area contributed by atoms with Crippen LogP contribution in [0.2, 0.25) is 0 Å². The van der Waals surface area contributed by atoms with Gasteiger partial charge in [-0.05, 0) is 25.1 Å². The normalized spacial score (nSPS) is 16.2. The second-order valence-electron chi connectivity index (χ2n) is 8.25. The summed E-state index contributed by atoms with van der Waals surface area (Å²) < 4.78 is 11.9. The van der Waals surface area contributed by atoms with Gasteiger partial charge in [-0.3, -0.25) is 4.79 Å². The lowest BCUT2D eigenvalue weighted by Gasteiger charge is -2.33. The van der Waals surface area contributed by atoms with E-state index in [9.17, 15) is 4.79 Å². The molecule has 0 N–H and O–H groups in total. The van der Waals surface area contributed by atoms with Crippen molar-refractivity contribution in [3.8, 4) is 11.1 Å². The van der Waals surface area contributed by atoms with Gasteiger partial charge in [-0.25, -0.2) is 19.9 Å². The second kappa shape index (κ2) is 8.59. The minimum absolute atomic E-state index is 0.163. The molecule has 1 aliphatic heterocycles. The van der Waals surface area contributed by atoms with Gasteiger partial charge < -0.3 is 19.0 Å². The third kappa shape index (κ3) is 4.14. The largest absolute Gasteiger partial charge is 0.451 e. The van der Waals surface area contributed by atoms with Crippen molar-refractivity contribution in [2.75, 3.05) is 38.7 Å². The summed E-state index contributed by atoms with van der Waals surface area (Å²) in [6, 6.07) is 7.67. The zero-order chi connectivity index (χ0) is 22.9. The summed E-state index contributed by atoms with van der Waals surface area (Å²) >= 11 is 0. The maximum Gasteiger partial charge on any atom is 0.289 e. The Labute approximate surface area is 191 Å². The third-order valence-corrected chi connectivity index (χ3v) is 5.62. The molecule has 1 aromatic carbocycles. The maximum absolute atomic E-state index is 13.3. The molecule has 1 fully saturated rings. The number of furan rings is 1. The first-order valence-electron chi connectivity index (χ1n) is 10.7. The number of benzene rings is 1. The summed E-state index contributed by atoms with van der Waals surface area (Å²) in [6.07, 6.45) is 6.23. The SMILES string of the molecule is Cc1ccc2oc(C(=O)N3CCO[C@@H](c4nc(N(C)C)ncc4-c4cncnc4)C3)cc2c1. The molecule has 0 unspecified atom stereocenters. The van der Waals surface area contributed by atoms with E-state index in [0.717, 1.165) is 22.1 Å². The zero-order valence-corrected chi connectivity index (χ0v) is 18.7. The lowest BCUT2D eigenvalue weighted by Crippen LogP contribution is -2.42. The van der Waals surface area contributed by atoms with E-state index in [-0.39, 0.29) is 5.91 Å². The van der Waals surface area contributed by atoms with Crippen LogP contribution in [0.1, 0.15) is 27.9 Å². The third-order valence-electron chi connectivity index (χ3n) is 5.62. The molecule has 33 heavy (non-hydrogen) atoms. The van der Waals surface area contributed by atoms with Crippen LogP contribution in [0, 0.1) is 6.92 Å². The van der Waals surface area contributed by atoms with E-state index >= 15 is 0 Å². The van der Waals surface area contributed by atoms with E-state index < -0.39 is 6.10 Å². The molecule has 0 bridgehead atoms. The number of anilines is 1. The number of morpholine rings is 1. The molecule has 5 rings (SSSR count). The van der Waals surface area contributed by atoms with Crippen molar-refractivity contribution in [2.45, 2.75) is 13.0 Å². The number of fused-ring (bicyclic) bond motifs is 1. The fourth-order valence-corrected chi connectivity index (χ4v) is 3.93. The fourth-order valence-electron chi connectivity index (χ4n) is 3.93. The summed E-state index contributed by atoms with van der Waals surface area (Å²) in [6.45, 7) is 3.22. The van der Waals surface area contributed by atoms with Gasteiger partial charge in [0.25, 0.3) is 5.91 Å². The van der Waals surface area contributed by atoms with Gasteiger partial charge in [0.2, 0.25) is 5.95 Å². The number of hydrogen-bond donors (Lipinski definition) is 0. The molecule has 1 aliphatic rings. The van der Waals surface area contributed by atoms with Crippen molar-refractivity contribution in [1.82, 2.24) is 24.8 Å². The quantitative estimate of drug-likeness (QED) is 0.473. The lowest BCUT2D eigenvalue weighted by atomic mass is 10.0. The molecule has 0 saturated carbocycles. The van der Waals surface area contributed by atoms with Crippen molar-refractivity contribution in [2.24, 2.45) is 0 Å². The Bertz CT molecular complexity index is 1300. The molecule has 0 aliphatic carbocycles. The molecule has 1 atom stereocenters. The Morgan fingerprint density at radius 2 is 1.97 bits per heavy atom. The van der Waals surface area contributed by atoms with Crippen LogP contribution in [0.4, 0.5) is 5.95 Å². The first kappa shape index (κ1) is 21.0. The number of rotatable bonds is 4. The van der Waals surface area contributed by atoms with Crippen molar-refractivity contribution in [3.63, 3.8) is 0 Å². The number of amides is 1. The minimum Gasteiger partial charge on any atom is -0.451 e. The second-order valence-corrected chi connectivity index (χ2v) is 8.25. The Hall–Kier alpha value is -3.85. The van der Waals surface area contributed by atoms with Crippen molar-refractivity contribution >= 4 is 22.8 Å². The molecule has 1 amide bonds. The predicted octanol–water partition coefficient (Wildman–Crippen LogP) is 3.27. The highest BCUT2D eigenvalue weighted by molar-refractivity contribution is 5.96. The molecule has 3 aromatic heterocycles. The van der Waals surface area contributed by atoms with Gasteiger partial charge in [-0.15, -0.1) is 0 Å². The number of ether oxygens (including phenoxy) is 1. The highest BCUT2D eigenvalue weighted by Gasteiger charge is 2.31. The summed E-state index contributed by atoms with van der Waals surface area (Å²) in [4.78, 5) is 34.3. The highest BCUT2D eigenvalue weighted by atomic mass is 16.5. The molecule has 168 valence electrons. The molecule has 0 radical (unpaired) electrons. The summed E-state index contributed by atoms with van der Waals surface area (Å²) in [5.41, 5.74) is 4.08. The van der Waals surface area contributed by atoms with Crippen LogP contribution >= 0.6 is 0 Å². The molecule has 1 saturated heterocycles. The first-order valence-corrected chi connectivity index (χ1v) is 10.7. The van der Waals surface area contributed by atoms with E-state index in [2.05, 4.69) is 15.0 Å². The number of aromatic nitrogens is 4. The smallest absolute Gasteiger partial charge is 0.289 e. The van der Waals surface area contributed by atoms with Crippen LogP contribution in [0.15, 0.2) is 53.6 Å². The van der Waals surface area contributed by atoms with Crippen molar-refractivity contribution in [3.05, 3.63) is 66.2 Å². The molecular weight excluding hydrogens is 420 g/mol. The average molecular weight is 444 g/mol. The Kier molecular flexibility index (Phi) is 5.47. The Balaban J connectivity index is 1.46. The maximum atomic E-state index is 13.3. The molecule has 0 spiro atoms. The van der Waals surface area contributed by atoms with Crippen molar-refractivity contribution in [1.29, 1.82) is 0 Å². The van der Waals surface area contributed by atoms with Crippen LogP contribution in [0.25, 0.3) is 22.1 Å². The fraction of sp³-hybridized carbons (Fsp3) is 0.292. The molecule has 9 nitrogen and oxygen atoms in total. The van der Waals surface area contributed by atoms with Crippen LogP contribution in [-0.4, -0.2) is 64.5 Å². The Morgan fingerprint density at radius 3 is 2.76 bits per heavy atom. The van der Waals surface area contributed by atoms with Crippen LogP contribution < -0.4 is 4.90 Å². The zero-order valence-electron chi connectivity index (χ0n) is 18.7. The van der Waals surface area contributed by atoms with E-state index in [1.165, 1.54) is 6.33 Å². The number of carbonyl (C=O) groups excluding carboxylic acids is 1. The van der Waals surface area contributed by atoms with Crippen molar-refractivity contribution < 1.29 is 13.9 Å². The van der Waals surface area contributed by atoms with Gasteiger partial charge >= 0.3 is 0 Å². The van der Waals surface area contributed by atoms with Crippen LogP contribution in [0.5, 0.6) is 0 Å². The van der Waals surface area contributed by atoms with E-state index in [0.29, 0.717) is 42.7 Å². The first-order chi connectivity index (χ1) is 16.0. The van der Waals surface area contributed by atoms with Gasteiger partial charge in [0.15, 0.2) is 5.76 Å². The Morgan fingerprint density at radius 1 is 1.15 bits per heavy atom. The molecule has 4 aromatic rings. The summed E-state index contributed by atoms with van der Waals surface area (Å²) in [5.74, 6) is 0.721. The summed E-state index contributed by atoms with van der Waals surface area (Å²) in [7, 11) is 3.76. The van der Waals surface area contributed by atoms with Gasteiger partial charge in [0.1, 0.15) is 18.0 Å². The standard InChI is InChI=1S/C24H24N6O3/c1-15-4-5-19-16(8-15)9-20(33-19)23(31)30-6-7-32-21(13-30)22-18(17-10-25-14-26-11-17)12-27-24(28-22)29(2)3/h4-5,8-12,14,21H,6-7,13H2,1-3H3/t21-/m1/s1. The molecule has 4 heterocycles. The van der Waals surface area contributed by atoms with E-state index in [4.69, 9.17) is 14.1 Å². The van der Waals surface area contributed by atoms with Gasteiger partial charge in [-0.1, -0.05) is 11.6 Å². The monoisotopic (exact) mass is 444 g/mol. The molecular formula is C24H24N6O3. The topological polar surface area (TPSA) is 97.5 Å². The summed E-state index contributed by atoms with van der Waals surface area (Å²) in [5, 5.41) is 0.918. The highest BCUT2D eigenvalue weighted by Crippen LogP contribution is 2.32. The number of hydrogen-bond acceptors (Lipinski definition) is 8. The van der Waals surface area contributed by atoms with E-state index in [1.807, 2.05) is 44.1 Å². The number of nitrogens with zero attached hydrogens (tertiary/aromatic N) is 6. The van der Waals surface area contributed by atoms with Crippen LogP contribution in [0.3, 0.4) is 0 Å². The number of carbonyl (C=O) groups is 1. The predicted molar refractivity (Wildman–Crippen MR) is 123 cm³/mol. The van der Waals surface area contributed by atoms with Gasteiger partial charge in [0.05, 0.1) is 18.8 Å². The lowest BCUT2D eigenvalue weighted by molar-refractivity contribution is -0.0253. The average Bonchev–Trinajstić information content (AvgIpc) is 3.27. The minimum atomic E-state index is -0.425. The number of aryl methyl sites for hydroxylation is 1. The van der Waals surface area contributed by atoms with E-state index in [1.54, 1.807) is 29.6 Å². The van der Waals surface area contributed by atoms with Gasteiger partial charge in [-0.2, -0.15) is 0 Å². The van der Waals surface area contributed by atoms with Gasteiger partial charge in [0, 0.05) is 55.7 Å². The van der Waals surface area contributed by atoms with Crippen LogP contribution in [-0.2, 0) is 4.74 Å². The molecule has 9 heteroatoms.